The molecule has 0 spiro atoms. The minimum absolute atomic E-state index is 0.0717. The second-order valence-corrected chi connectivity index (χ2v) is 5.98. The topological polar surface area (TPSA) is 84.9 Å². The number of carboxylic acid groups (broad SMARTS) is 1. The summed E-state index contributed by atoms with van der Waals surface area (Å²) in [6.07, 6.45) is 0.526. The lowest BCUT2D eigenvalue weighted by molar-refractivity contribution is -0.137. The molecular formula is C20H23NO5. The van der Waals surface area contributed by atoms with E-state index < -0.39 is 5.97 Å². The second kappa shape index (κ2) is 9.46. The van der Waals surface area contributed by atoms with Crippen molar-refractivity contribution < 1.29 is 24.2 Å². The van der Waals surface area contributed by atoms with Crippen LogP contribution in [-0.2, 0) is 9.59 Å². The summed E-state index contributed by atoms with van der Waals surface area (Å²) in [4.78, 5) is 22.4. The SMILES string of the molecule is Cc1ccc(C)c(OCC(=O)Nc2ccc(OCCCC(=O)O)cc2)c1. The number of hydrogen-bond donors (Lipinski definition) is 2. The van der Waals surface area contributed by atoms with Crippen molar-refractivity contribution in [3.8, 4) is 11.5 Å². The molecule has 0 radical (unpaired) electrons. The summed E-state index contributed by atoms with van der Waals surface area (Å²) in [6, 6.07) is 12.7. The van der Waals surface area contributed by atoms with Crippen molar-refractivity contribution in [2.24, 2.45) is 0 Å². The fourth-order valence-corrected chi connectivity index (χ4v) is 2.25. The molecule has 2 aromatic carbocycles. The summed E-state index contributed by atoms with van der Waals surface area (Å²) in [5, 5.41) is 11.3. The Kier molecular flexibility index (Phi) is 7.02. The van der Waals surface area contributed by atoms with Gasteiger partial charge in [-0.15, -0.1) is 0 Å². The number of rotatable bonds is 9. The smallest absolute Gasteiger partial charge is 0.303 e. The second-order valence-electron chi connectivity index (χ2n) is 5.98. The molecule has 0 aliphatic heterocycles. The van der Waals surface area contributed by atoms with Gasteiger partial charge in [0.25, 0.3) is 5.91 Å². The molecule has 0 aromatic heterocycles. The van der Waals surface area contributed by atoms with E-state index in [0.717, 1.165) is 11.1 Å². The molecule has 6 heteroatoms. The van der Waals surface area contributed by atoms with Crippen molar-refractivity contribution in [3.63, 3.8) is 0 Å². The first kappa shape index (κ1) is 19.3. The fraction of sp³-hybridized carbons (Fsp3) is 0.300. The summed E-state index contributed by atoms with van der Waals surface area (Å²) in [5.41, 5.74) is 2.69. The van der Waals surface area contributed by atoms with Crippen LogP contribution in [0.1, 0.15) is 24.0 Å². The van der Waals surface area contributed by atoms with Gasteiger partial charge in [0.1, 0.15) is 11.5 Å². The molecule has 0 bridgehead atoms. The van der Waals surface area contributed by atoms with E-state index in [2.05, 4.69) is 5.32 Å². The number of nitrogens with one attached hydrogen (secondary N) is 1. The van der Waals surface area contributed by atoms with Crippen molar-refractivity contribution in [3.05, 3.63) is 53.6 Å². The molecule has 26 heavy (non-hydrogen) atoms. The molecule has 138 valence electrons. The monoisotopic (exact) mass is 357 g/mol. The molecule has 2 N–H and O–H groups in total. The number of anilines is 1. The third-order valence-electron chi connectivity index (χ3n) is 3.64. The molecular weight excluding hydrogens is 334 g/mol. The van der Waals surface area contributed by atoms with E-state index in [1.54, 1.807) is 24.3 Å². The van der Waals surface area contributed by atoms with Gasteiger partial charge >= 0.3 is 5.97 Å². The molecule has 2 rings (SSSR count). The van der Waals surface area contributed by atoms with Crippen LogP contribution in [-0.4, -0.2) is 30.2 Å². The van der Waals surface area contributed by atoms with Crippen molar-refractivity contribution in [1.82, 2.24) is 0 Å². The summed E-state index contributed by atoms with van der Waals surface area (Å²) in [6.45, 7) is 4.17. The first-order valence-electron chi connectivity index (χ1n) is 8.38. The number of benzene rings is 2. The zero-order chi connectivity index (χ0) is 18.9. The summed E-state index contributed by atoms with van der Waals surface area (Å²) in [7, 11) is 0. The molecule has 0 saturated heterocycles. The van der Waals surface area contributed by atoms with E-state index in [1.165, 1.54) is 0 Å². The molecule has 2 aromatic rings. The predicted octanol–water partition coefficient (Wildman–Crippen LogP) is 3.56. The normalized spacial score (nSPS) is 10.2. The van der Waals surface area contributed by atoms with Gasteiger partial charge in [-0.2, -0.15) is 0 Å². The van der Waals surface area contributed by atoms with Crippen molar-refractivity contribution in [2.75, 3.05) is 18.5 Å². The third-order valence-corrected chi connectivity index (χ3v) is 3.64. The highest BCUT2D eigenvalue weighted by Gasteiger charge is 2.06. The highest BCUT2D eigenvalue weighted by Crippen LogP contribution is 2.19. The zero-order valence-electron chi connectivity index (χ0n) is 15.0. The minimum Gasteiger partial charge on any atom is -0.494 e. The number of carboxylic acids is 1. The Morgan fingerprint density at radius 1 is 1.04 bits per heavy atom. The van der Waals surface area contributed by atoms with Crippen LogP contribution in [0.15, 0.2) is 42.5 Å². The Labute approximate surface area is 152 Å². The Morgan fingerprint density at radius 2 is 1.77 bits per heavy atom. The lowest BCUT2D eigenvalue weighted by Gasteiger charge is -2.11. The van der Waals surface area contributed by atoms with E-state index >= 15 is 0 Å². The molecule has 0 unspecified atom stereocenters. The van der Waals surface area contributed by atoms with Crippen LogP contribution >= 0.6 is 0 Å². The maximum Gasteiger partial charge on any atom is 0.303 e. The molecule has 6 nitrogen and oxygen atoms in total. The number of amides is 1. The zero-order valence-corrected chi connectivity index (χ0v) is 15.0. The van der Waals surface area contributed by atoms with Crippen molar-refractivity contribution in [2.45, 2.75) is 26.7 Å². The van der Waals surface area contributed by atoms with Gasteiger partial charge < -0.3 is 19.9 Å². The Balaban J connectivity index is 1.78. The van der Waals surface area contributed by atoms with Gasteiger partial charge in [0.05, 0.1) is 6.61 Å². The molecule has 0 aliphatic carbocycles. The van der Waals surface area contributed by atoms with E-state index in [-0.39, 0.29) is 18.9 Å². The number of ether oxygens (including phenoxy) is 2. The van der Waals surface area contributed by atoms with Gasteiger partial charge in [-0.25, -0.2) is 0 Å². The van der Waals surface area contributed by atoms with Crippen molar-refractivity contribution >= 4 is 17.6 Å². The maximum absolute atomic E-state index is 12.0. The highest BCUT2D eigenvalue weighted by molar-refractivity contribution is 5.91. The van der Waals surface area contributed by atoms with Crippen LogP contribution in [0.5, 0.6) is 11.5 Å². The van der Waals surface area contributed by atoms with Crippen LogP contribution in [0, 0.1) is 13.8 Å². The third kappa shape index (κ3) is 6.47. The van der Waals surface area contributed by atoms with Crippen LogP contribution in [0.25, 0.3) is 0 Å². The van der Waals surface area contributed by atoms with Gasteiger partial charge in [0.2, 0.25) is 0 Å². The van der Waals surface area contributed by atoms with E-state index in [4.69, 9.17) is 14.6 Å². The van der Waals surface area contributed by atoms with E-state index in [9.17, 15) is 9.59 Å². The molecule has 1 amide bonds. The molecule has 0 aliphatic rings. The fourth-order valence-electron chi connectivity index (χ4n) is 2.25. The van der Waals surface area contributed by atoms with Gasteiger partial charge in [0, 0.05) is 12.1 Å². The number of carbonyl (C=O) groups excluding carboxylic acids is 1. The largest absolute Gasteiger partial charge is 0.494 e. The van der Waals surface area contributed by atoms with Crippen molar-refractivity contribution in [1.29, 1.82) is 0 Å². The van der Waals surface area contributed by atoms with Gasteiger partial charge in [-0.05, 0) is 61.7 Å². The Hall–Kier alpha value is -3.02. The first-order valence-corrected chi connectivity index (χ1v) is 8.38. The average molecular weight is 357 g/mol. The van der Waals surface area contributed by atoms with Crippen LogP contribution < -0.4 is 14.8 Å². The summed E-state index contributed by atoms with van der Waals surface area (Å²) < 4.78 is 11.0. The summed E-state index contributed by atoms with van der Waals surface area (Å²) >= 11 is 0. The molecule has 0 saturated carbocycles. The van der Waals surface area contributed by atoms with E-state index in [1.807, 2.05) is 32.0 Å². The number of hydrogen-bond acceptors (Lipinski definition) is 4. The minimum atomic E-state index is -0.838. The lowest BCUT2D eigenvalue weighted by Crippen LogP contribution is -2.20. The maximum atomic E-state index is 12.0. The van der Waals surface area contributed by atoms with Crippen LogP contribution in [0.4, 0.5) is 5.69 Å². The molecule has 0 fully saturated rings. The highest BCUT2D eigenvalue weighted by atomic mass is 16.5. The van der Waals surface area contributed by atoms with Gasteiger partial charge in [-0.1, -0.05) is 12.1 Å². The quantitative estimate of drug-likeness (QED) is 0.670. The van der Waals surface area contributed by atoms with Crippen LogP contribution in [0.3, 0.4) is 0 Å². The van der Waals surface area contributed by atoms with Gasteiger partial charge in [-0.3, -0.25) is 9.59 Å². The van der Waals surface area contributed by atoms with Gasteiger partial charge in [0.15, 0.2) is 6.61 Å². The first-order chi connectivity index (χ1) is 12.4. The number of aliphatic carboxylic acids is 1. The average Bonchev–Trinajstić information content (AvgIpc) is 2.61. The Morgan fingerprint density at radius 3 is 2.46 bits per heavy atom. The van der Waals surface area contributed by atoms with Crippen LogP contribution in [0.2, 0.25) is 0 Å². The van der Waals surface area contributed by atoms with E-state index in [0.29, 0.717) is 30.2 Å². The standard InChI is InChI=1S/C20H23NO5/c1-14-5-6-15(2)18(12-14)26-13-19(22)21-16-7-9-17(10-8-16)25-11-3-4-20(23)24/h5-10,12H,3-4,11,13H2,1-2H3,(H,21,22)(H,23,24). The number of aryl methyl sites for hydroxylation is 2. The summed E-state index contributed by atoms with van der Waals surface area (Å²) in [5.74, 6) is 0.237. The lowest BCUT2D eigenvalue weighted by atomic mass is 10.1. The molecule has 0 atom stereocenters. The number of carbonyl (C=O) groups is 2. The Bertz CT molecular complexity index is 755. The predicted molar refractivity (Wildman–Crippen MR) is 98.8 cm³/mol. The molecule has 0 heterocycles.